The molecule has 0 spiro atoms. The van der Waals surface area contributed by atoms with E-state index in [4.69, 9.17) is 22.1 Å². The van der Waals surface area contributed by atoms with Crippen molar-refractivity contribution in [1.29, 1.82) is 0 Å². The van der Waals surface area contributed by atoms with Crippen LogP contribution in [0.2, 0.25) is 5.02 Å². The van der Waals surface area contributed by atoms with Crippen LogP contribution in [0.4, 0.5) is 0 Å². The molecule has 0 radical (unpaired) electrons. The summed E-state index contributed by atoms with van der Waals surface area (Å²) in [6.07, 6.45) is 0.775. The van der Waals surface area contributed by atoms with Crippen molar-refractivity contribution in [3.63, 3.8) is 0 Å². The van der Waals surface area contributed by atoms with E-state index in [2.05, 4.69) is 20.7 Å². The monoisotopic (exact) mass is 380 g/mol. The predicted octanol–water partition coefficient (Wildman–Crippen LogP) is 1.50. The van der Waals surface area contributed by atoms with Crippen LogP contribution in [0.1, 0.15) is 6.42 Å². The standard InChI is InChI=1S/C12H14BrClN2O3S/c13-6-1-2-9(8(14)5-6)20(17,18)16-11-10(15)7-3-4-19-12(7)11/h1-2,5,7,10-12,16H,3-4,15H2. The summed E-state index contributed by atoms with van der Waals surface area (Å²) in [5, 5.41) is 0.170. The second-order valence-electron chi connectivity index (χ2n) is 5.09. The number of benzene rings is 1. The largest absolute Gasteiger partial charge is 0.376 e. The third kappa shape index (κ3) is 2.40. The molecule has 0 bridgehead atoms. The molecule has 1 aliphatic carbocycles. The summed E-state index contributed by atoms with van der Waals surface area (Å²) in [6.45, 7) is 0.639. The quantitative estimate of drug-likeness (QED) is 0.831. The second-order valence-corrected chi connectivity index (χ2v) is 8.09. The van der Waals surface area contributed by atoms with E-state index in [9.17, 15) is 8.42 Å². The zero-order chi connectivity index (χ0) is 14.5. The van der Waals surface area contributed by atoms with Gasteiger partial charge in [0, 0.05) is 23.0 Å². The molecule has 1 aromatic rings. The summed E-state index contributed by atoms with van der Waals surface area (Å²) in [4.78, 5) is 0.0519. The van der Waals surface area contributed by atoms with E-state index < -0.39 is 10.0 Å². The van der Waals surface area contributed by atoms with Crippen molar-refractivity contribution in [3.8, 4) is 0 Å². The molecule has 4 atom stereocenters. The number of fused-ring (bicyclic) bond motifs is 1. The number of halogens is 2. The highest BCUT2D eigenvalue weighted by molar-refractivity contribution is 9.10. The molecule has 3 rings (SSSR count). The fourth-order valence-electron chi connectivity index (χ4n) is 2.83. The van der Waals surface area contributed by atoms with E-state index in [1.165, 1.54) is 6.07 Å². The van der Waals surface area contributed by atoms with Crippen LogP contribution < -0.4 is 10.5 Å². The van der Waals surface area contributed by atoms with Crippen LogP contribution in [-0.2, 0) is 14.8 Å². The number of ether oxygens (including phenoxy) is 1. The number of hydrogen-bond donors (Lipinski definition) is 2. The molecule has 1 aliphatic heterocycles. The van der Waals surface area contributed by atoms with Gasteiger partial charge >= 0.3 is 0 Å². The lowest BCUT2D eigenvalue weighted by Gasteiger charge is -2.45. The molecule has 1 saturated heterocycles. The van der Waals surface area contributed by atoms with Crippen LogP contribution in [0, 0.1) is 5.92 Å². The maximum absolute atomic E-state index is 12.4. The molecule has 2 fully saturated rings. The highest BCUT2D eigenvalue weighted by Crippen LogP contribution is 2.38. The Hall–Kier alpha value is -0.180. The van der Waals surface area contributed by atoms with Crippen molar-refractivity contribution >= 4 is 37.6 Å². The van der Waals surface area contributed by atoms with Crippen molar-refractivity contribution in [2.45, 2.75) is 29.5 Å². The molecule has 2 aliphatic rings. The van der Waals surface area contributed by atoms with Gasteiger partial charge in [0.05, 0.1) is 17.2 Å². The van der Waals surface area contributed by atoms with Gasteiger partial charge in [0.25, 0.3) is 0 Å². The lowest BCUT2D eigenvalue weighted by Crippen LogP contribution is -2.68. The minimum absolute atomic E-state index is 0.0519. The van der Waals surface area contributed by atoms with Crippen molar-refractivity contribution < 1.29 is 13.2 Å². The van der Waals surface area contributed by atoms with Crippen LogP contribution in [-0.4, -0.2) is 33.2 Å². The van der Waals surface area contributed by atoms with Gasteiger partial charge in [-0.3, -0.25) is 0 Å². The van der Waals surface area contributed by atoms with Crippen LogP contribution in [0.25, 0.3) is 0 Å². The minimum atomic E-state index is -3.70. The van der Waals surface area contributed by atoms with E-state index in [0.717, 1.165) is 10.9 Å². The fourth-order valence-corrected chi connectivity index (χ4v) is 5.15. The fraction of sp³-hybridized carbons (Fsp3) is 0.500. The number of rotatable bonds is 3. The Kier molecular flexibility index (Phi) is 3.85. The Morgan fingerprint density at radius 3 is 2.90 bits per heavy atom. The molecule has 1 aromatic carbocycles. The molecule has 20 heavy (non-hydrogen) atoms. The van der Waals surface area contributed by atoms with Crippen molar-refractivity contribution in [3.05, 3.63) is 27.7 Å². The zero-order valence-corrected chi connectivity index (χ0v) is 13.6. The van der Waals surface area contributed by atoms with Gasteiger partial charge in [-0.1, -0.05) is 27.5 Å². The molecule has 4 unspecified atom stereocenters. The molecule has 110 valence electrons. The Bertz CT molecular complexity index is 640. The smallest absolute Gasteiger partial charge is 0.242 e. The van der Waals surface area contributed by atoms with Crippen molar-refractivity contribution in [2.24, 2.45) is 11.7 Å². The summed E-state index contributed by atoms with van der Waals surface area (Å²) in [6, 6.07) is 4.06. The van der Waals surface area contributed by atoms with Gasteiger partial charge in [-0.15, -0.1) is 0 Å². The van der Waals surface area contributed by atoms with E-state index in [1.54, 1.807) is 12.1 Å². The van der Waals surface area contributed by atoms with Crippen LogP contribution >= 0.6 is 27.5 Å². The van der Waals surface area contributed by atoms with Gasteiger partial charge in [-0.05, 0) is 24.6 Å². The van der Waals surface area contributed by atoms with E-state index in [0.29, 0.717) is 6.61 Å². The third-order valence-electron chi connectivity index (χ3n) is 3.92. The summed E-state index contributed by atoms with van der Waals surface area (Å²) >= 11 is 9.24. The highest BCUT2D eigenvalue weighted by atomic mass is 79.9. The molecule has 3 N–H and O–H groups in total. The average molecular weight is 382 g/mol. The van der Waals surface area contributed by atoms with Crippen molar-refractivity contribution in [1.82, 2.24) is 4.72 Å². The number of hydrogen-bond acceptors (Lipinski definition) is 4. The molecule has 1 heterocycles. The summed E-state index contributed by atoms with van der Waals surface area (Å²) in [7, 11) is -3.70. The van der Waals surface area contributed by atoms with Crippen LogP contribution in [0.3, 0.4) is 0 Å². The Balaban J connectivity index is 1.82. The van der Waals surface area contributed by atoms with E-state index >= 15 is 0 Å². The molecule has 1 saturated carbocycles. The molecule has 0 amide bonds. The number of nitrogens with two attached hydrogens (primary N) is 1. The van der Waals surface area contributed by atoms with Crippen LogP contribution in [0.5, 0.6) is 0 Å². The topological polar surface area (TPSA) is 81.4 Å². The van der Waals surface area contributed by atoms with Gasteiger partial charge in [0.2, 0.25) is 10.0 Å². The molecular weight excluding hydrogens is 368 g/mol. The minimum Gasteiger partial charge on any atom is -0.376 e. The van der Waals surface area contributed by atoms with Gasteiger partial charge in [-0.2, -0.15) is 0 Å². The lowest BCUT2D eigenvalue weighted by atomic mass is 9.73. The summed E-state index contributed by atoms with van der Waals surface area (Å²) in [5.41, 5.74) is 6.01. The Morgan fingerprint density at radius 2 is 2.20 bits per heavy atom. The first kappa shape index (κ1) is 14.7. The molecule has 5 nitrogen and oxygen atoms in total. The molecule has 0 aromatic heterocycles. The van der Waals surface area contributed by atoms with Gasteiger partial charge in [-0.25, -0.2) is 13.1 Å². The zero-order valence-electron chi connectivity index (χ0n) is 10.4. The maximum atomic E-state index is 12.4. The number of nitrogens with one attached hydrogen (secondary N) is 1. The average Bonchev–Trinajstić information content (AvgIpc) is 2.80. The van der Waals surface area contributed by atoms with Gasteiger partial charge < -0.3 is 10.5 Å². The van der Waals surface area contributed by atoms with Gasteiger partial charge in [0.1, 0.15) is 4.90 Å². The molecule has 8 heteroatoms. The van der Waals surface area contributed by atoms with Crippen molar-refractivity contribution in [2.75, 3.05) is 6.61 Å². The third-order valence-corrected chi connectivity index (χ3v) is 6.36. The highest BCUT2D eigenvalue weighted by Gasteiger charge is 2.53. The first-order valence-corrected chi connectivity index (χ1v) is 8.90. The molecular formula is C12H14BrClN2O3S. The Labute approximate surface area is 131 Å². The van der Waals surface area contributed by atoms with E-state index in [1.807, 2.05) is 0 Å². The SMILES string of the molecule is NC1C2CCOC2C1NS(=O)(=O)c1ccc(Br)cc1Cl. The lowest BCUT2D eigenvalue weighted by molar-refractivity contribution is -0.00923. The summed E-state index contributed by atoms with van der Waals surface area (Å²) in [5.74, 6) is 0.253. The first-order chi connectivity index (χ1) is 9.40. The normalized spacial score (nSPS) is 32.8. The van der Waals surface area contributed by atoms with E-state index in [-0.39, 0.29) is 34.0 Å². The predicted molar refractivity (Wildman–Crippen MR) is 79.1 cm³/mol. The first-order valence-electron chi connectivity index (χ1n) is 6.25. The Morgan fingerprint density at radius 1 is 1.45 bits per heavy atom. The summed E-state index contributed by atoms with van der Waals surface area (Å²) < 4.78 is 33.6. The van der Waals surface area contributed by atoms with Crippen LogP contribution in [0.15, 0.2) is 27.6 Å². The van der Waals surface area contributed by atoms with Gasteiger partial charge in [0.15, 0.2) is 0 Å². The maximum Gasteiger partial charge on any atom is 0.242 e. The second kappa shape index (κ2) is 5.23. The number of sulfonamides is 1.